The predicted molar refractivity (Wildman–Crippen MR) is 47.1 cm³/mol. The number of methoxy groups -OCH3 is 1. The molecule has 1 fully saturated rings. The van der Waals surface area contributed by atoms with E-state index in [4.69, 9.17) is 9.47 Å². The normalized spacial score (nSPS) is 40.9. The summed E-state index contributed by atoms with van der Waals surface area (Å²) in [6, 6.07) is 0. The zero-order chi connectivity index (χ0) is 8.44. The molecule has 1 aliphatic carbocycles. The maximum absolute atomic E-state index is 5.73. The zero-order valence-electron chi connectivity index (χ0n) is 7.58. The second-order valence-corrected chi connectivity index (χ2v) is 3.69. The summed E-state index contributed by atoms with van der Waals surface area (Å²) in [4.78, 5) is 0. The Morgan fingerprint density at radius 3 is 2.92 bits per heavy atom. The summed E-state index contributed by atoms with van der Waals surface area (Å²) in [5.41, 5.74) is 0.0923. The van der Waals surface area contributed by atoms with Crippen LogP contribution in [0.2, 0.25) is 0 Å². The van der Waals surface area contributed by atoms with Crippen LogP contribution in [0, 0.1) is 0 Å². The van der Waals surface area contributed by atoms with Crippen molar-refractivity contribution in [3.63, 3.8) is 0 Å². The van der Waals surface area contributed by atoms with Crippen molar-refractivity contribution in [2.45, 2.75) is 37.4 Å². The molecule has 0 aromatic heterocycles. The van der Waals surface area contributed by atoms with E-state index in [2.05, 4.69) is 12.2 Å². The second kappa shape index (κ2) is 3.19. The van der Waals surface area contributed by atoms with Crippen molar-refractivity contribution in [1.29, 1.82) is 0 Å². The van der Waals surface area contributed by atoms with Crippen molar-refractivity contribution in [2.24, 2.45) is 0 Å². The molecular weight excluding hydrogens is 152 g/mol. The molecule has 0 amide bonds. The molecule has 0 unspecified atom stereocenters. The number of ether oxygens (including phenoxy) is 2. The molecule has 0 radical (unpaired) electrons. The van der Waals surface area contributed by atoms with Gasteiger partial charge in [0.2, 0.25) is 0 Å². The molecule has 1 heterocycles. The van der Waals surface area contributed by atoms with Crippen molar-refractivity contribution in [1.82, 2.24) is 0 Å². The first-order valence-corrected chi connectivity index (χ1v) is 4.71. The molecule has 0 aromatic rings. The lowest BCUT2D eigenvalue weighted by molar-refractivity contribution is 0.0131. The van der Waals surface area contributed by atoms with Crippen LogP contribution in [0.5, 0.6) is 0 Å². The largest absolute Gasteiger partial charge is 0.377 e. The molecule has 1 spiro atoms. The highest BCUT2D eigenvalue weighted by Gasteiger charge is 2.35. The van der Waals surface area contributed by atoms with Crippen LogP contribution in [0.25, 0.3) is 0 Å². The Morgan fingerprint density at radius 1 is 1.50 bits per heavy atom. The average molecular weight is 168 g/mol. The fourth-order valence-electron chi connectivity index (χ4n) is 2.09. The lowest BCUT2D eigenvalue weighted by atomic mass is 9.87. The third kappa shape index (κ3) is 1.41. The quantitative estimate of drug-likeness (QED) is 0.557. The molecule has 0 bridgehead atoms. The molecule has 2 nitrogen and oxygen atoms in total. The van der Waals surface area contributed by atoms with Gasteiger partial charge in [0.05, 0.1) is 11.7 Å². The van der Waals surface area contributed by atoms with E-state index in [0.717, 1.165) is 19.4 Å². The van der Waals surface area contributed by atoms with Gasteiger partial charge < -0.3 is 9.47 Å². The topological polar surface area (TPSA) is 18.5 Å². The van der Waals surface area contributed by atoms with Crippen molar-refractivity contribution in [3.05, 3.63) is 12.2 Å². The molecule has 1 aliphatic heterocycles. The minimum absolute atomic E-state index is 0.0923. The number of hydrogen-bond donors (Lipinski definition) is 0. The summed E-state index contributed by atoms with van der Waals surface area (Å²) < 4.78 is 11.0. The molecule has 2 rings (SSSR count). The average Bonchev–Trinajstić information content (AvgIpc) is 2.55. The minimum Gasteiger partial charge on any atom is -0.377 e. The van der Waals surface area contributed by atoms with E-state index >= 15 is 0 Å². The van der Waals surface area contributed by atoms with Gasteiger partial charge in [-0.1, -0.05) is 12.2 Å². The van der Waals surface area contributed by atoms with Gasteiger partial charge in [0, 0.05) is 13.7 Å². The van der Waals surface area contributed by atoms with Gasteiger partial charge >= 0.3 is 0 Å². The molecule has 0 aromatic carbocycles. The molecule has 12 heavy (non-hydrogen) atoms. The lowest BCUT2D eigenvalue weighted by Gasteiger charge is -2.30. The van der Waals surface area contributed by atoms with Crippen LogP contribution in [0.4, 0.5) is 0 Å². The second-order valence-electron chi connectivity index (χ2n) is 3.69. The fraction of sp³-hybridized carbons (Fsp3) is 0.800. The van der Waals surface area contributed by atoms with Crippen molar-refractivity contribution in [2.75, 3.05) is 13.7 Å². The highest BCUT2D eigenvalue weighted by molar-refractivity contribution is 5.11. The van der Waals surface area contributed by atoms with E-state index in [0.29, 0.717) is 6.10 Å². The first-order valence-electron chi connectivity index (χ1n) is 4.71. The highest BCUT2D eigenvalue weighted by atomic mass is 16.5. The number of rotatable bonds is 1. The van der Waals surface area contributed by atoms with Crippen LogP contribution in [-0.2, 0) is 9.47 Å². The van der Waals surface area contributed by atoms with Crippen LogP contribution >= 0.6 is 0 Å². The summed E-state index contributed by atoms with van der Waals surface area (Å²) in [5, 5.41) is 0. The van der Waals surface area contributed by atoms with E-state index < -0.39 is 0 Å². The highest BCUT2D eigenvalue weighted by Crippen LogP contribution is 2.35. The van der Waals surface area contributed by atoms with E-state index in [1.54, 1.807) is 7.11 Å². The Labute approximate surface area is 73.5 Å². The maximum Gasteiger partial charge on any atom is 0.0865 e. The Balaban J connectivity index is 2.03. The Bertz CT molecular complexity index is 180. The minimum atomic E-state index is 0.0923. The Hall–Kier alpha value is -0.340. The van der Waals surface area contributed by atoms with Crippen molar-refractivity contribution in [3.8, 4) is 0 Å². The van der Waals surface area contributed by atoms with E-state index in [1.165, 1.54) is 12.8 Å². The van der Waals surface area contributed by atoms with Crippen molar-refractivity contribution < 1.29 is 9.47 Å². The standard InChI is InChI=1S/C10H16O2/c1-11-9-3-6-10(7-4-9)5-2-8-12-10/h3,6,9H,2,4-5,7-8H2,1H3/t9-,10-/m0/s1. The first kappa shape index (κ1) is 8.27. The Kier molecular flexibility index (Phi) is 2.20. The van der Waals surface area contributed by atoms with Crippen LogP contribution in [0.1, 0.15) is 25.7 Å². The van der Waals surface area contributed by atoms with E-state index in [1.807, 2.05) is 0 Å². The SMILES string of the molecule is CO[C@H]1C=C[C@@]2(CCCO2)CC1. The van der Waals surface area contributed by atoms with Gasteiger partial charge in [0.15, 0.2) is 0 Å². The zero-order valence-corrected chi connectivity index (χ0v) is 7.58. The molecule has 68 valence electrons. The van der Waals surface area contributed by atoms with Gasteiger partial charge in [-0.2, -0.15) is 0 Å². The summed E-state index contributed by atoms with van der Waals surface area (Å²) in [7, 11) is 1.77. The van der Waals surface area contributed by atoms with Crippen LogP contribution in [0.3, 0.4) is 0 Å². The first-order chi connectivity index (χ1) is 5.85. The molecule has 0 saturated carbocycles. The number of hydrogen-bond acceptors (Lipinski definition) is 2. The molecule has 2 heteroatoms. The molecule has 2 atom stereocenters. The van der Waals surface area contributed by atoms with Crippen molar-refractivity contribution >= 4 is 0 Å². The van der Waals surface area contributed by atoms with Gasteiger partial charge in [0.25, 0.3) is 0 Å². The van der Waals surface area contributed by atoms with Gasteiger partial charge in [0.1, 0.15) is 0 Å². The van der Waals surface area contributed by atoms with E-state index in [9.17, 15) is 0 Å². The maximum atomic E-state index is 5.73. The monoisotopic (exact) mass is 168 g/mol. The van der Waals surface area contributed by atoms with Gasteiger partial charge in [-0.25, -0.2) is 0 Å². The fourth-order valence-corrected chi connectivity index (χ4v) is 2.09. The van der Waals surface area contributed by atoms with Gasteiger partial charge in [-0.15, -0.1) is 0 Å². The molecule has 0 N–H and O–H groups in total. The van der Waals surface area contributed by atoms with Crippen LogP contribution < -0.4 is 0 Å². The lowest BCUT2D eigenvalue weighted by Crippen LogP contribution is -2.30. The third-order valence-corrected chi connectivity index (χ3v) is 2.90. The third-order valence-electron chi connectivity index (χ3n) is 2.90. The molecular formula is C10H16O2. The summed E-state index contributed by atoms with van der Waals surface area (Å²) >= 11 is 0. The summed E-state index contributed by atoms with van der Waals surface area (Å²) in [6.07, 6.45) is 9.31. The van der Waals surface area contributed by atoms with Crippen LogP contribution in [-0.4, -0.2) is 25.4 Å². The van der Waals surface area contributed by atoms with Gasteiger partial charge in [-0.05, 0) is 25.7 Å². The Morgan fingerprint density at radius 2 is 2.42 bits per heavy atom. The smallest absolute Gasteiger partial charge is 0.0865 e. The van der Waals surface area contributed by atoms with Gasteiger partial charge in [-0.3, -0.25) is 0 Å². The predicted octanol–water partition coefficient (Wildman–Crippen LogP) is 1.90. The molecule has 2 aliphatic rings. The summed E-state index contributed by atoms with van der Waals surface area (Å²) in [6.45, 7) is 0.933. The van der Waals surface area contributed by atoms with E-state index in [-0.39, 0.29) is 5.60 Å². The molecule has 1 saturated heterocycles. The van der Waals surface area contributed by atoms with Crippen LogP contribution in [0.15, 0.2) is 12.2 Å². The summed E-state index contributed by atoms with van der Waals surface area (Å²) in [5.74, 6) is 0.